The van der Waals surface area contributed by atoms with Gasteiger partial charge in [-0.05, 0) is 36.2 Å². The Morgan fingerprint density at radius 3 is 2.95 bits per heavy atom. The molecule has 0 aliphatic heterocycles. The monoisotopic (exact) mass is 272 g/mol. The predicted molar refractivity (Wildman–Crippen MR) is 74.3 cm³/mol. The molecule has 1 fully saturated rings. The summed E-state index contributed by atoms with van der Waals surface area (Å²) in [4.78, 5) is 15.9. The lowest BCUT2D eigenvalue weighted by atomic mass is 10.1. The van der Waals surface area contributed by atoms with E-state index in [4.69, 9.17) is 11.6 Å². The number of halogens is 1. The number of carbonyl (C=O) groups excluding carboxylic acids is 1. The summed E-state index contributed by atoms with van der Waals surface area (Å²) in [6.45, 7) is 0. The first kappa shape index (κ1) is 12.2. The highest BCUT2D eigenvalue weighted by Crippen LogP contribution is 2.41. The molecule has 2 atom stereocenters. The first-order chi connectivity index (χ1) is 9.24. The van der Waals surface area contributed by atoms with Gasteiger partial charge in [0.2, 0.25) is 0 Å². The van der Waals surface area contributed by atoms with Crippen molar-refractivity contribution in [3.8, 4) is 0 Å². The summed E-state index contributed by atoms with van der Waals surface area (Å²) < 4.78 is 0. The van der Waals surface area contributed by atoms with Gasteiger partial charge in [-0.25, -0.2) is 0 Å². The maximum Gasteiger partial charge on any atom is 0.253 e. The molecule has 0 bridgehead atoms. The second kappa shape index (κ2) is 5.02. The van der Waals surface area contributed by atoms with Crippen molar-refractivity contribution in [1.29, 1.82) is 0 Å². The van der Waals surface area contributed by atoms with Crippen molar-refractivity contribution in [2.75, 3.05) is 0 Å². The molecule has 19 heavy (non-hydrogen) atoms. The Kier molecular flexibility index (Phi) is 3.22. The Bertz CT molecular complexity index is 600. The largest absolute Gasteiger partial charge is 0.349 e. The van der Waals surface area contributed by atoms with Gasteiger partial charge in [-0.3, -0.25) is 9.78 Å². The Labute approximate surface area is 116 Å². The van der Waals surface area contributed by atoms with E-state index in [0.717, 1.165) is 11.4 Å². The van der Waals surface area contributed by atoms with Gasteiger partial charge in [0.15, 0.2) is 0 Å². The first-order valence-corrected chi connectivity index (χ1v) is 6.58. The Hall–Kier alpha value is -1.87. The van der Waals surface area contributed by atoms with Crippen molar-refractivity contribution in [3.63, 3.8) is 0 Å². The molecule has 0 unspecified atom stereocenters. The van der Waals surface area contributed by atoms with Crippen LogP contribution in [0.25, 0.3) is 0 Å². The van der Waals surface area contributed by atoms with E-state index in [9.17, 15) is 4.79 Å². The van der Waals surface area contributed by atoms with Crippen LogP contribution in [0, 0.1) is 0 Å². The standard InChI is InChI=1S/C15H13ClN2O/c16-12-5-1-3-10(7-12)13-8-14(13)18-15(19)11-4-2-6-17-9-11/h1-7,9,13-14H,8H2,(H,18,19)/t13-,14+/m0/s1. The number of carbonyl (C=O) groups is 1. The molecular formula is C15H13ClN2O. The van der Waals surface area contributed by atoms with Gasteiger partial charge < -0.3 is 5.32 Å². The van der Waals surface area contributed by atoms with Gasteiger partial charge in [0, 0.05) is 29.4 Å². The van der Waals surface area contributed by atoms with E-state index in [0.29, 0.717) is 11.5 Å². The zero-order valence-corrected chi connectivity index (χ0v) is 11.0. The number of nitrogens with zero attached hydrogens (tertiary/aromatic N) is 1. The van der Waals surface area contributed by atoms with Crippen molar-refractivity contribution in [2.45, 2.75) is 18.4 Å². The quantitative estimate of drug-likeness (QED) is 0.933. The van der Waals surface area contributed by atoms with Crippen molar-refractivity contribution in [1.82, 2.24) is 10.3 Å². The van der Waals surface area contributed by atoms with Gasteiger partial charge in [0.1, 0.15) is 0 Å². The summed E-state index contributed by atoms with van der Waals surface area (Å²) in [5, 5.41) is 3.75. The summed E-state index contributed by atoms with van der Waals surface area (Å²) >= 11 is 5.97. The molecule has 1 aromatic carbocycles. The number of nitrogens with one attached hydrogen (secondary N) is 1. The van der Waals surface area contributed by atoms with Crippen LogP contribution in [0.5, 0.6) is 0 Å². The molecule has 1 aliphatic carbocycles. The average molecular weight is 273 g/mol. The normalized spacial score (nSPS) is 20.9. The summed E-state index contributed by atoms with van der Waals surface area (Å²) in [7, 11) is 0. The van der Waals surface area contributed by atoms with Crippen LogP contribution in [-0.4, -0.2) is 16.9 Å². The fourth-order valence-electron chi connectivity index (χ4n) is 2.21. The molecule has 1 saturated carbocycles. The van der Waals surface area contributed by atoms with E-state index in [1.807, 2.05) is 24.3 Å². The highest BCUT2D eigenvalue weighted by Gasteiger charge is 2.39. The lowest BCUT2D eigenvalue weighted by Crippen LogP contribution is -2.26. The number of rotatable bonds is 3. The van der Waals surface area contributed by atoms with Crippen molar-refractivity contribution in [3.05, 3.63) is 64.9 Å². The molecular weight excluding hydrogens is 260 g/mol. The topological polar surface area (TPSA) is 42.0 Å². The van der Waals surface area contributed by atoms with Gasteiger partial charge in [-0.1, -0.05) is 23.7 Å². The molecule has 0 saturated heterocycles. The maximum absolute atomic E-state index is 12.0. The van der Waals surface area contributed by atoms with E-state index in [1.54, 1.807) is 24.5 Å². The summed E-state index contributed by atoms with van der Waals surface area (Å²) in [5.74, 6) is 0.307. The fraction of sp³-hybridized carbons (Fsp3) is 0.200. The minimum atomic E-state index is -0.0670. The SMILES string of the molecule is O=C(N[C@@H]1C[C@H]1c1cccc(Cl)c1)c1cccnc1. The van der Waals surface area contributed by atoms with E-state index < -0.39 is 0 Å². The lowest BCUT2D eigenvalue weighted by molar-refractivity contribution is 0.0950. The number of benzene rings is 1. The average Bonchev–Trinajstić information content (AvgIpc) is 3.19. The number of pyridine rings is 1. The molecule has 1 aromatic heterocycles. The van der Waals surface area contributed by atoms with Crippen molar-refractivity contribution in [2.24, 2.45) is 0 Å². The summed E-state index contributed by atoms with van der Waals surface area (Å²) in [6.07, 6.45) is 4.20. The molecule has 1 aliphatic rings. The van der Waals surface area contributed by atoms with Crippen LogP contribution in [-0.2, 0) is 0 Å². The minimum absolute atomic E-state index is 0.0670. The fourth-order valence-corrected chi connectivity index (χ4v) is 2.41. The summed E-state index contributed by atoms with van der Waals surface area (Å²) in [5.41, 5.74) is 1.78. The van der Waals surface area contributed by atoms with E-state index >= 15 is 0 Å². The third-order valence-corrected chi connectivity index (χ3v) is 3.54. The lowest BCUT2D eigenvalue weighted by Gasteiger charge is -2.04. The Morgan fingerprint density at radius 1 is 1.32 bits per heavy atom. The third kappa shape index (κ3) is 2.76. The molecule has 4 heteroatoms. The molecule has 1 amide bonds. The number of hydrogen-bond donors (Lipinski definition) is 1. The second-order valence-electron chi connectivity index (χ2n) is 4.72. The zero-order chi connectivity index (χ0) is 13.2. The number of aromatic nitrogens is 1. The summed E-state index contributed by atoms with van der Waals surface area (Å²) in [6, 6.07) is 11.5. The molecule has 2 aromatic rings. The second-order valence-corrected chi connectivity index (χ2v) is 5.16. The Balaban J connectivity index is 1.64. The molecule has 1 heterocycles. The highest BCUT2D eigenvalue weighted by molar-refractivity contribution is 6.30. The minimum Gasteiger partial charge on any atom is -0.349 e. The van der Waals surface area contributed by atoms with Crippen LogP contribution >= 0.6 is 11.6 Å². The van der Waals surface area contributed by atoms with Gasteiger partial charge in [0.05, 0.1) is 5.56 Å². The van der Waals surface area contributed by atoms with Crippen molar-refractivity contribution < 1.29 is 4.79 Å². The van der Waals surface area contributed by atoms with Gasteiger partial charge in [0.25, 0.3) is 5.91 Å². The first-order valence-electron chi connectivity index (χ1n) is 6.20. The molecule has 96 valence electrons. The smallest absolute Gasteiger partial charge is 0.253 e. The molecule has 0 spiro atoms. The van der Waals surface area contributed by atoms with E-state index in [-0.39, 0.29) is 11.9 Å². The van der Waals surface area contributed by atoms with Crippen molar-refractivity contribution >= 4 is 17.5 Å². The van der Waals surface area contributed by atoms with Crippen LogP contribution < -0.4 is 5.32 Å². The van der Waals surface area contributed by atoms with Crippen LogP contribution in [0.1, 0.15) is 28.3 Å². The molecule has 0 radical (unpaired) electrons. The van der Waals surface area contributed by atoms with Crippen LogP contribution in [0.4, 0.5) is 0 Å². The van der Waals surface area contributed by atoms with E-state index in [2.05, 4.69) is 10.3 Å². The number of hydrogen-bond acceptors (Lipinski definition) is 2. The zero-order valence-electron chi connectivity index (χ0n) is 10.2. The van der Waals surface area contributed by atoms with Gasteiger partial charge in [-0.15, -0.1) is 0 Å². The number of amides is 1. The van der Waals surface area contributed by atoms with Crippen LogP contribution in [0.2, 0.25) is 5.02 Å². The van der Waals surface area contributed by atoms with Gasteiger partial charge >= 0.3 is 0 Å². The van der Waals surface area contributed by atoms with Crippen LogP contribution in [0.15, 0.2) is 48.8 Å². The molecule has 1 N–H and O–H groups in total. The van der Waals surface area contributed by atoms with Gasteiger partial charge in [-0.2, -0.15) is 0 Å². The molecule has 3 rings (SSSR count). The predicted octanol–water partition coefficient (Wildman–Crippen LogP) is 3.02. The highest BCUT2D eigenvalue weighted by atomic mass is 35.5. The third-order valence-electron chi connectivity index (χ3n) is 3.31. The maximum atomic E-state index is 12.0. The Morgan fingerprint density at radius 2 is 2.21 bits per heavy atom. The van der Waals surface area contributed by atoms with E-state index in [1.165, 1.54) is 5.56 Å². The molecule has 3 nitrogen and oxygen atoms in total. The van der Waals surface area contributed by atoms with Crippen LogP contribution in [0.3, 0.4) is 0 Å².